The monoisotopic (exact) mass is 298 g/mol. The summed E-state index contributed by atoms with van der Waals surface area (Å²) in [6.07, 6.45) is 7.83. The Labute approximate surface area is 129 Å². The van der Waals surface area contributed by atoms with Gasteiger partial charge in [0.15, 0.2) is 0 Å². The van der Waals surface area contributed by atoms with Crippen LogP contribution in [0.5, 0.6) is 6.01 Å². The van der Waals surface area contributed by atoms with Crippen LogP contribution in [0.2, 0.25) is 0 Å². The minimum atomic E-state index is -0.0574. The summed E-state index contributed by atoms with van der Waals surface area (Å²) >= 11 is 0. The number of methoxy groups -OCH3 is 1. The van der Waals surface area contributed by atoms with Gasteiger partial charge in [-0.1, -0.05) is 6.07 Å². The molecule has 114 valence electrons. The molecular formula is C16H18N4O2. The van der Waals surface area contributed by atoms with Crippen LogP contribution < -0.4 is 4.74 Å². The molecule has 0 spiro atoms. The van der Waals surface area contributed by atoms with Crippen molar-refractivity contribution < 1.29 is 9.53 Å². The number of piperidine rings is 1. The minimum absolute atomic E-state index is 0.0181. The highest BCUT2D eigenvalue weighted by atomic mass is 16.5. The molecule has 0 saturated carbocycles. The molecule has 2 aromatic rings. The molecule has 6 heteroatoms. The molecule has 6 nitrogen and oxygen atoms in total. The van der Waals surface area contributed by atoms with Gasteiger partial charge >= 0.3 is 6.01 Å². The first-order valence-electron chi connectivity index (χ1n) is 7.37. The van der Waals surface area contributed by atoms with Crippen molar-refractivity contribution in [2.45, 2.75) is 25.3 Å². The lowest BCUT2D eigenvalue weighted by Crippen LogP contribution is -2.39. The predicted octanol–water partition coefficient (Wildman–Crippen LogP) is 2.25. The van der Waals surface area contributed by atoms with Crippen molar-refractivity contribution >= 4 is 5.91 Å². The lowest BCUT2D eigenvalue weighted by molar-refractivity contribution is 0.0605. The third kappa shape index (κ3) is 2.90. The summed E-state index contributed by atoms with van der Waals surface area (Å²) in [5.74, 6) is -0.0574. The van der Waals surface area contributed by atoms with E-state index < -0.39 is 0 Å². The Morgan fingerprint density at radius 3 is 2.73 bits per heavy atom. The third-order valence-electron chi connectivity index (χ3n) is 3.85. The standard InChI is InChI=1S/C16H18N4O2/c1-22-16-18-10-12(11-19-16)15(21)20-9-5-3-7-14(20)13-6-2-4-8-17-13/h2,4,6,8,10-11,14H,3,5,7,9H2,1H3/t14-/m1/s1. The van der Waals surface area contributed by atoms with Crippen molar-refractivity contribution in [1.29, 1.82) is 0 Å². The normalized spacial score (nSPS) is 18.0. The van der Waals surface area contributed by atoms with E-state index in [1.165, 1.54) is 19.5 Å². The van der Waals surface area contributed by atoms with E-state index in [2.05, 4.69) is 15.0 Å². The molecule has 0 bridgehead atoms. The van der Waals surface area contributed by atoms with Crippen molar-refractivity contribution in [3.05, 3.63) is 48.0 Å². The number of amides is 1. The number of hydrogen-bond donors (Lipinski definition) is 0. The van der Waals surface area contributed by atoms with Crippen LogP contribution in [0.25, 0.3) is 0 Å². The van der Waals surface area contributed by atoms with Gasteiger partial charge in [0.2, 0.25) is 0 Å². The number of carbonyl (C=O) groups is 1. The van der Waals surface area contributed by atoms with Gasteiger partial charge in [0.1, 0.15) is 0 Å². The molecular weight excluding hydrogens is 280 g/mol. The Kier molecular flexibility index (Phi) is 4.27. The molecule has 1 amide bonds. The van der Waals surface area contributed by atoms with Gasteiger partial charge in [0.05, 0.1) is 24.4 Å². The lowest BCUT2D eigenvalue weighted by Gasteiger charge is -2.35. The Morgan fingerprint density at radius 2 is 2.05 bits per heavy atom. The fourth-order valence-corrected chi connectivity index (χ4v) is 2.75. The first kappa shape index (κ1) is 14.4. The van der Waals surface area contributed by atoms with E-state index in [0.29, 0.717) is 5.56 Å². The molecule has 1 aliphatic heterocycles. The SMILES string of the molecule is COc1ncc(C(=O)N2CCCC[C@@H]2c2ccccn2)cn1. The first-order chi connectivity index (χ1) is 10.8. The van der Waals surface area contributed by atoms with E-state index in [9.17, 15) is 4.79 Å². The van der Waals surface area contributed by atoms with Crippen LogP contribution >= 0.6 is 0 Å². The number of aromatic nitrogens is 3. The van der Waals surface area contributed by atoms with Crippen molar-refractivity contribution in [2.24, 2.45) is 0 Å². The van der Waals surface area contributed by atoms with Gasteiger partial charge in [-0.15, -0.1) is 0 Å². The van der Waals surface area contributed by atoms with Crippen LogP contribution in [-0.2, 0) is 0 Å². The number of hydrogen-bond acceptors (Lipinski definition) is 5. The number of rotatable bonds is 3. The molecule has 0 N–H and O–H groups in total. The second kappa shape index (κ2) is 6.51. The molecule has 22 heavy (non-hydrogen) atoms. The molecule has 1 aliphatic rings. The highest BCUT2D eigenvalue weighted by molar-refractivity contribution is 5.94. The fourth-order valence-electron chi connectivity index (χ4n) is 2.75. The van der Waals surface area contributed by atoms with Gasteiger partial charge in [0, 0.05) is 25.1 Å². The highest BCUT2D eigenvalue weighted by Crippen LogP contribution is 2.30. The average Bonchev–Trinajstić information content (AvgIpc) is 2.62. The molecule has 1 saturated heterocycles. The first-order valence-corrected chi connectivity index (χ1v) is 7.37. The van der Waals surface area contributed by atoms with Gasteiger partial charge in [-0.2, -0.15) is 0 Å². The topological polar surface area (TPSA) is 68.2 Å². The van der Waals surface area contributed by atoms with E-state index in [-0.39, 0.29) is 18.0 Å². The third-order valence-corrected chi connectivity index (χ3v) is 3.85. The Morgan fingerprint density at radius 1 is 1.23 bits per heavy atom. The Hall–Kier alpha value is -2.50. The van der Waals surface area contributed by atoms with Gasteiger partial charge in [-0.3, -0.25) is 9.78 Å². The van der Waals surface area contributed by atoms with Crippen LogP contribution in [0.3, 0.4) is 0 Å². The molecule has 2 aromatic heterocycles. The van der Waals surface area contributed by atoms with Gasteiger partial charge in [0.25, 0.3) is 5.91 Å². The smallest absolute Gasteiger partial charge is 0.316 e. The van der Waals surface area contributed by atoms with Gasteiger partial charge < -0.3 is 9.64 Å². The molecule has 0 unspecified atom stereocenters. The van der Waals surface area contributed by atoms with E-state index in [1.807, 2.05) is 23.1 Å². The van der Waals surface area contributed by atoms with E-state index in [1.54, 1.807) is 6.20 Å². The molecule has 1 fully saturated rings. The minimum Gasteiger partial charge on any atom is -0.467 e. The molecule has 1 atom stereocenters. The van der Waals surface area contributed by atoms with Crippen molar-refractivity contribution in [3.8, 4) is 6.01 Å². The zero-order valence-electron chi connectivity index (χ0n) is 12.5. The number of likely N-dealkylation sites (tertiary alicyclic amines) is 1. The molecule has 0 aliphatic carbocycles. The van der Waals surface area contributed by atoms with Crippen LogP contribution in [0.15, 0.2) is 36.8 Å². The van der Waals surface area contributed by atoms with E-state index in [0.717, 1.165) is 31.5 Å². The summed E-state index contributed by atoms with van der Waals surface area (Å²) in [6.45, 7) is 0.728. The zero-order valence-corrected chi connectivity index (χ0v) is 12.5. The maximum absolute atomic E-state index is 12.8. The number of nitrogens with zero attached hydrogens (tertiary/aromatic N) is 4. The molecule has 0 aromatic carbocycles. The molecule has 0 radical (unpaired) electrons. The summed E-state index contributed by atoms with van der Waals surface area (Å²) in [4.78, 5) is 27.1. The van der Waals surface area contributed by atoms with Crippen LogP contribution in [-0.4, -0.2) is 39.4 Å². The van der Waals surface area contributed by atoms with Gasteiger partial charge in [-0.05, 0) is 31.4 Å². The van der Waals surface area contributed by atoms with Crippen LogP contribution in [0.4, 0.5) is 0 Å². The average molecular weight is 298 g/mol. The van der Waals surface area contributed by atoms with E-state index in [4.69, 9.17) is 4.74 Å². The molecule has 3 rings (SSSR count). The Bertz CT molecular complexity index is 630. The molecule has 3 heterocycles. The second-order valence-corrected chi connectivity index (χ2v) is 5.22. The van der Waals surface area contributed by atoms with Gasteiger partial charge in [-0.25, -0.2) is 9.97 Å². The highest BCUT2D eigenvalue weighted by Gasteiger charge is 2.29. The van der Waals surface area contributed by atoms with Crippen LogP contribution in [0, 0.1) is 0 Å². The predicted molar refractivity (Wildman–Crippen MR) is 80.4 cm³/mol. The zero-order chi connectivity index (χ0) is 15.4. The Balaban J connectivity index is 1.85. The summed E-state index contributed by atoms with van der Waals surface area (Å²) in [5.41, 5.74) is 1.41. The van der Waals surface area contributed by atoms with E-state index >= 15 is 0 Å². The summed E-state index contributed by atoms with van der Waals surface area (Å²) < 4.78 is 4.93. The second-order valence-electron chi connectivity index (χ2n) is 5.22. The summed E-state index contributed by atoms with van der Waals surface area (Å²) in [6, 6.07) is 6.09. The maximum atomic E-state index is 12.8. The van der Waals surface area contributed by atoms with Crippen molar-refractivity contribution in [2.75, 3.05) is 13.7 Å². The number of carbonyl (C=O) groups excluding carboxylic acids is 1. The van der Waals surface area contributed by atoms with Crippen molar-refractivity contribution in [1.82, 2.24) is 19.9 Å². The number of ether oxygens (including phenoxy) is 1. The summed E-state index contributed by atoms with van der Waals surface area (Å²) in [7, 11) is 1.50. The lowest BCUT2D eigenvalue weighted by atomic mass is 9.98. The number of pyridine rings is 1. The quantitative estimate of drug-likeness (QED) is 0.869. The van der Waals surface area contributed by atoms with Crippen molar-refractivity contribution in [3.63, 3.8) is 0 Å². The van der Waals surface area contributed by atoms with Crippen LogP contribution in [0.1, 0.15) is 41.4 Å². The maximum Gasteiger partial charge on any atom is 0.316 e. The largest absolute Gasteiger partial charge is 0.467 e. The fraction of sp³-hybridized carbons (Fsp3) is 0.375. The summed E-state index contributed by atoms with van der Waals surface area (Å²) in [5, 5.41) is 0.